The molecule has 0 aliphatic heterocycles. The molecule has 0 heterocycles. The minimum absolute atomic E-state index is 0.222. The zero-order chi connectivity index (χ0) is 13.5. The number of ether oxygens (including phenoxy) is 1. The van der Waals surface area contributed by atoms with Crippen LogP contribution in [0, 0.1) is 0 Å². The molecule has 3 N–H and O–H groups in total. The molecule has 98 valence electrons. The molecule has 0 radical (unpaired) electrons. The minimum atomic E-state index is -1.53. The monoisotopic (exact) mass is 253 g/mol. The number of aliphatic hydroxyl groups is 1. The molecule has 0 aliphatic rings. The third-order valence-electron chi connectivity index (χ3n) is 2.30. The highest BCUT2D eigenvalue weighted by Crippen LogP contribution is 2.10. The lowest BCUT2D eigenvalue weighted by Crippen LogP contribution is -2.35. The summed E-state index contributed by atoms with van der Waals surface area (Å²) in [6.45, 7) is 0.222. The van der Waals surface area contributed by atoms with E-state index in [0.717, 1.165) is 5.56 Å². The first-order chi connectivity index (χ1) is 8.52. The molecule has 0 bridgehead atoms. The molecule has 1 aromatic carbocycles. The van der Waals surface area contributed by atoms with Crippen molar-refractivity contribution >= 4 is 11.9 Å². The third kappa shape index (κ3) is 4.42. The average Bonchev–Trinajstić information content (AvgIpc) is 2.35. The Bertz CT molecular complexity index is 415. The molecule has 0 unspecified atom stereocenters. The second-order valence-electron chi connectivity index (χ2n) is 3.68. The van der Waals surface area contributed by atoms with Gasteiger partial charge in [-0.05, 0) is 17.7 Å². The first-order valence-corrected chi connectivity index (χ1v) is 5.33. The fraction of sp³-hybridized carbons (Fsp3) is 0.333. The van der Waals surface area contributed by atoms with Crippen LogP contribution >= 0.6 is 0 Å². The Morgan fingerprint density at radius 1 is 1.33 bits per heavy atom. The smallest absolute Gasteiger partial charge is 0.306 e. The Hall–Kier alpha value is -2.08. The summed E-state index contributed by atoms with van der Waals surface area (Å²) in [5.74, 6) is -1.22. The Labute approximate surface area is 104 Å². The van der Waals surface area contributed by atoms with Crippen molar-refractivity contribution in [2.45, 2.75) is 19.1 Å². The van der Waals surface area contributed by atoms with Gasteiger partial charge in [0.15, 0.2) is 0 Å². The fourth-order valence-corrected chi connectivity index (χ4v) is 1.31. The van der Waals surface area contributed by atoms with Crippen LogP contribution in [0.4, 0.5) is 0 Å². The van der Waals surface area contributed by atoms with Crippen molar-refractivity contribution in [3.63, 3.8) is 0 Å². The number of carbonyl (C=O) groups excluding carboxylic acids is 1. The molecule has 0 aromatic heterocycles. The largest absolute Gasteiger partial charge is 0.497 e. The molecule has 1 amide bonds. The molecule has 0 saturated heterocycles. The summed E-state index contributed by atoms with van der Waals surface area (Å²) in [6.07, 6.45) is -2.13. The Balaban J connectivity index is 2.44. The van der Waals surface area contributed by atoms with E-state index in [0.29, 0.717) is 5.75 Å². The van der Waals surface area contributed by atoms with Gasteiger partial charge in [0.25, 0.3) is 0 Å². The topological polar surface area (TPSA) is 95.9 Å². The van der Waals surface area contributed by atoms with Gasteiger partial charge in [0.2, 0.25) is 5.91 Å². The maximum atomic E-state index is 11.3. The Kier molecular flexibility index (Phi) is 5.13. The highest BCUT2D eigenvalue weighted by atomic mass is 16.5. The van der Waals surface area contributed by atoms with E-state index < -0.39 is 24.4 Å². The van der Waals surface area contributed by atoms with E-state index in [1.54, 1.807) is 31.4 Å². The van der Waals surface area contributed by atoms with Crippen molar-refractivity contribution in [1.29, 1.82) is 0 Å². The van der Waals surface area contributed by atoms with Crippen LogP contribution in [0.3, 0.4) is 0 Å². The third-order valence-corrected chi connectivity index (χ3v) is 2.30. The number of benzene rings is 1. The van der Waals surface area contributed by atoms with E-state index in [4.69, 9.17) is 9.84 Å². The Morgan fingerprint density at radius 3 is 2.44 bits per heavy atom. The first-order valence-electron chi connectivity index (χ1n) is 5.33. The second kappa shape index (κ2) is 6.61. The van der Waals surface area contributed by atoms with Crippen LogP contribution in [-0.4, -0.2) is 35.3 Å². The van der Waals surface area contributed by atoms with E-state index >= 15 is 0 Å². The maximum Gasteiger partial charge on any atom is 0.306 e. The van der Waals surface area contributed by atoms with E-state index in [1.807, 2.05) is 0 Å². The molecule has 0 saturated carbocycles. The van der Waals surface area contributed by atoms with E-state index in [9.17, 15) is 14.7 Å². The fourth-order valence-electron chi connectivity index (χ4n) is 1.31. The molecular weight excluding hydrogens is 238 g/mol. The summed E-state index contributed by atoms with van der Waals surface area (Å²) < 4.78 is 4.98. The first kappa shape index (κ1) is 14.0. The van der Waals surface area contributed by atoms with Crippen molar-refractivity contribution < 1.29 is 24.5 Å². The molecule has 1 atom stereocenters. The molecule has 0 spiro atoms. The number of methoxy groups -OCH3 is 1. The molecule has 0 fully saturated rings. The van der Waals surface area contributed by atoms with Crippen LogP contribution in [0.5, 0.6) is 5.75 Å². The molecule has 1 rings (SSSR count). The summed E-state index contributed by atoms with van der Waals surface area (Å²) in [4.78, 5) is 21.6. The molecule has 18 heavy (non-hydrogen) atoms. The number of carbonyl (C=O) groups is 2. The lowest BCUT2D eigenvalue weighted by molar-refractivity contribution is -0.143. The van der Waals surface area contributed by atoms with Gasteiger partial charge in [0.05, 0.1) is 13.5 Å². The summed E-state index contributed by atoms with van der Waals surface area (Å²) >= 11 is 0. The van der Waals surface area contributed by atoms with Crippen molar-refractivity contribution in [2.24, 2.45) is 0 Å². The van der Waals surface area contributed by atoms with Crippen LogP contribution in [0.25, 0.3) is 0 Å². The van der Waals surface area contributed by atoms with Crippen LogP contribution in [0.2, 0.25) is 0 Å². The minimum Gasteiger partial charge on any atom is -0.497 e. The summed E-state index contributed by atoms with van der Waals surface area (Å²) in [6, 6.07) is 7.02. The van der Waals surface area contributed by atoms with Crippen molar-refractivity contribution in [3.05, 3.63) is 29.8 Å². The van der Waals surface area contributed by atoms with Gasteiger partial charge >= 0.3 is 5.97 Å². The predicted octanol–water partition coefficient (Wildman–Crippen LogP) is 0.147. The van der Waals surface area contributed by atoms with E-state index in [1.165, 1.54) is 0 Å². The van der Waals surface area contributed by atoms with Gasteiger partial charge in [0, 0.05) is 6.54 Å². The number of nitrogens with one attached hydrogen (secondary N) is 1. The number of aliphatic hydroxyl groups excluding tert-OH is 1. The zero-order valence-electron chi connectivity index (χ0n) is 9.92. The highest BCUT2D eigenvalue weighted by Gasteiger charge is 2.17. The molecule has 0 aliphatic carbocycles. The summed E-state index contributed by atoms with van der Waals surface area (Å²) in [5, 5.41) is 20.1. The quantitative estimate of drug-likeness (QED) is 0.670. The van der Waals surface area contributed by atoms with E-state index in [-0.39, 0.29) is 6.54 Å². The summed E-state index contributed by atoms with van der Waals surface area (Å²) in [5.41, 5.74) is 0.826. The molecular formula is C12H15NO5. The van der Waals surface area contributed by atoms with Crippen LogP contribution in [0.15, 0.2) is 24.3 Å². The molecule has 1 aromatic rings. The van der Waals surface area contributed by atoms with E-state index in [2.05, 4.69) is 5.32 Å². The summed E-state index contributed by atoms with van der Waals surface area (Å²) in [7, 11) is 1.55. The van der Waals surface area contributed by atoms with Crippen LogP contribution < -0.4 is 10.1 Å². The van der Waals surface area contributed by atoms with Crippen LogP contribution in [0.1, 0.15) is 12.0 Å². The van der Waals surface area contributed by atoms with Crippen molar-refractivity contribution in [1.82, 2.24) is 5.32 Å². The number of hydrogen-bond donors (Lipinski definition) is 3. The normalized spacial score (nSPS) is 11.7. The van der Waals surface area contributed by atoms with Crippen molar-refractivity contribution in [2.75, 3.05) is 7.11 Å². The predicted molar refractivity (Wildman–Crippen MR) is 63.1 cm³/mol. The number of rotatable bonds is 6. The number of aliphatic carboxylic acids is 1. The standard InChI is InChI=1S/C12H15NO5/c1-18-9-4-2-8(3-5-9)7-13-12(17)10(14)6-11(15)16/h2-5,10,14H,6-7H2,1H3,(H,13,17)(H,15,16)/t10-/m0/s1. The Morgan fingerprint density at radius 2 is 1.94 bits per heavy atom. The highest BCUT2D eigenvalue weighted by molar-refractivity contribution is 5.84. The zero-order valence-corrected chi connectivity index (χ0v) is 9.92. The molecule has 6 heteroatoms. The van der Waals surface area contributed by atoms with Gasteiger partial charge in [-0.1, -0.05) is 12.1 Å². The van der Waals surface area contributed by atoms with Gasteiger partial charge in [0.1, 0.15) is 11.9 Å². The number of hydrogen-bond acceptors (Lipinski definition) is 4. The lowest BCUT2D eigenvalue weighted by Gasteiger charge is -2.09. The number of amides is 1. The van der Waals surface area contributed by atoms with Gasteiger partial charge < -0.3 is 20.3 Å². The van der Waals surface area contributed by atoms with Crippen molar-refractivity contribution in [3.8, 4) is 5.75 Å². The van der Waals surface area contributed by atoms with Gasteiger partial charge in [-0.2, -0.15) is 0 Å². The lowest BCUT2D eigenvalue weighted by atomic mass is 10.2. The second-order valence-corrected chi connectivity index (χ2v) is 3.68. The SMILES string of the molecule is COc1ccc(CNC(=O)[C@@H](O)CC(=O)O)cc1. The molecule has 6 nitrogen and oxygen atoms in total. The van der Waals surface area contributed by atoms with Crippen LogP contribution in [-0.2, 0) is 16.1 Å². The van der Waals surface area contributed by atoms with Gasteiger partial charge in [-0.3, -0.25) is 9.59 Å². The maximum absolute atomic E-state index is 11.3. The average molecular weight is 253 g/mol. The van der Waals surface area contributed by atoms with Gasteiger partial charge in [-0.25, -0.2) is 0 Å². The van der Waals surface area contributed by atoms with Gasteiger partial charge in [-0.15, -0.1) is 0 Å². The number of carboxylic acid groups (broad SMARTS) is 1. The number of carboxylic acids is 1.